The van der Waals surface area contributed by atoms with E-state index >= 15 is 0 Å². The van der Waals surface area contributed by atoms with E-state index < -0.39 is 5.24 Å². The fraction of sp³-hybridized carbons (Fsp3) is 0.200. The molecule has 1 aliphatic heterocycles. The lowest BCUT2D eigenvalue weighted by molar-refractivity contribution is -0.120. The Balaban J connectivity index is 1.96. The molecule has 1 aliphatic rings. The SMILES string of the molecule is O=C(Cl)[C@@H]1CC(=O)N(c2ccc3ccccc3c2)C1. The summed E-state index contributed by atoms with van der Waals surface area (Å²) in [5.74, 6) is -0.435. The third-order valence-electron chi connectivity index (χ3n) is 3.49. The first-order valence-electron chi connectivity index (χ1n) is 6.13. The van der Waals surface area contributed by atoms with Crippen molar-refractivity contribution in [1.82, 2.24) is 0 Å². The summed E-state index contributed by atoms with van der Waals surface area (Å²) in [5.41, 5.74) is 0.823. The topological polar surface area (TPSA) is 37.4 Å². The van der Waals surface area contributed by atoms with Crippen molar-refractivity contribution in [2.75, 3.05) is 11.4 Å². The van der Waals surface area contributed by atoms with Gasteiger partial charge >= 0.3 is 0 Å². The predicted octanol–water partition coefficient (Wildman–Crippen LogP) is 2.96. The summed E-state index contributed by atoms with van der Waals surface area (Å²) in [6.45, 7) is 0.375. The molecular formula is C15H12ClNO2. The Hall–Kier alpha value is -1.87. The predicted molar refractivity (Wildman–Crippen MR) is 75.3 cm³/mol. The molecule has 0 saturated carbocycles. The molecule has 1 atom stereocenters. The number of halogens is 1. The summed E-state index contributed by atoms with van der Waals surface area (Å²) in [6, 6.07) is 13.8. The number of hydrogen-bond donors (Lipinski definition) is 0. The second-order valence-electron chi connectivity index (χ2n) is 4.74. The first-order valence-corrected chi connectivity index (χ1v) is 6.51. The Morgan fingerprint density at radius 2 is 1.89 bits per heavy atom. The van der Waals surface area contributed by atoms with Gasteiger partial charge in [0, 0.05) is 18.7 Å². The van der Waals surface area contributed by atoms with Crippen LogP contribution in [-0.2, 0) is 9.59 Å². The van der Waals surface area contributed by atoms with Gasteiger partial charge in [-0.15, -0.1) is 0 Å². The minimum atomic E-state index is -0.434. The van der Waals surface area contributed by atoms with Gasteiger partial charge in [0.25, 0.3) is 0 Å². The van der Waals surface area contributed by atoms with Crippen LogP contribution in [0.1, 0.15) is 6.42 Å². The van der Waals surface area contributed by atoms with Crippen LogP contribution in [0.2, 0.25) is 0 Å². The molecular weight excluding hydrogens is 262 g/mol. The Bertz CT molecular complexity index is 668. The number of fused-ring (bicyclic) bond motifs is 1. The number of rotatable bonds is 2. The van der Waals surface area contributed by atoms with Crippen LogP contribution >= 0.6 is 11.6 Å². The number of anilines is 1. The standard InChI is InChI=1S/C15H12ClNO2/c16-15(19)12-8-14(18)17(9-12)13-6-5-10-3-1-2-4-11(10)7-13/h1-7,12H,8-9H2/t12-/m1/s1. The second-order valence-corrected chi connectivity index (χ2v) is 5.11. The molecule has 0 bridgehead atoms. The van der Waals surface area contributed by atoms with Gasteiger partial charge in [0.1, 0.15) is 0 Å². The van der Waals surface area contributed by atoms with Crippen molar-refractivity contribution < 1.29 is 9.59 Å². The first-order chi connectivity index (χ1) is 9.15. The molecule has 0 radical (unpaired) electrons. The summed E-state index contributed by atoms with van der Waals surface area (Å²) < 4.78 is 0. The molecule has 19 heavy (non-hydrogen) atoms. The molecule has 3 nitrogen and oxygen atoms in total. The molecule has 1 fully saturated rings. The number of amides is 1. The Kier molecular flexibility index (Phi) is 2.99. The van der Waals surface area contributed by atoms with Gasteiger partial charge in [0.15, 0.2) is 0 Å². The minimum absolute atomic E-state index is 0.0470. The van der Waals surface area contributed by atoms with E-state index in [1.807, 2.05) is 42.5 Å². The third kappa shape index (κ3) is 2.22. The molecule has 0 N–H and O–H groups in total. The van der Waals surface area contributed by atoms with E-state index in [9.17, 15) is 9.59 Å². The normalized spacial score (nSPS) is 19.1. The lowest BCUT2D eigenvalue weighted by Crippen LogP contribution is -2.25. The molecule has 1 amide bonds. The van der Waals surface area contributed by atoms with Gasteiger partial charge in [0.05, 0.1) is 5.92 Å². The van der Waals surface area contributed by atoms with Crippen LogP contribution in [0.5, 0.6) is 0 Å². The van der Waals surface area contributed by atoms with E-state index in [0.717, 1.165) is 16.5 Å². The Labute approximate surface area is 115 Å². The van der Waals surface area contributed by atoms with E-state index in [1.165, 1.54) is 0 Å². The van der Waals surface area contributed by atoms with Gasteiger partial charge < -0.3 is 4.90 Å². The van der Waals surface area contributed by atoms with Crippen molar-refractivity contribution in [3.63, 3.8) is 0 Å². The van der Waals surface area contributed by atoms with Crippen LogP contribution in [0, 0.1) is 5.92 Å². The molecule has 1 saturated heterocycles. The highest BCUT2D eigenvalue weighted by molar-refractivity contribution is 6.64. The summed E-state index contributed by atoms with van der Waals surface area (Å²) in [5, 5.41) is 1.77. The lowest BCUT2D eigenvalue weighted by Gasteiger charge is -2.16. The molecule has 4 heteroatoms. The number of carbonyl (C=O) groups excluding carboxylic acids is 2. The fourth-order valence-corrected chi connectivity index (χ4v) is 2.60. The van der Waals surface area contributed by atoms with Crippen LogP contribution in [0.3, 0.4) is 0 Å². The number of hydrogen-bond acceptors (Lipinski definition) is 2. The molecule has 2 aromatic rings. The fourth-order valence-electron chi connectivity index (χ4n) is 2.45. The van der Waals surface area contributed by atoms with Crippen LogP contribution in [-0.4, -0.2) is 17.7 Å². The lowest BCUT2D eigenvalue weighted by atomic mass is 10.1. The maximum atomic E-state index is 11.9. The van der Waals surface area contributed by atoms with E-state index in [2.05, 4.69) is 0 Å². The minimum Gasteiger partial charge on any atom is -0.312 e. The highest BCUT2D eigenvalue weighted by atomic mass is 35.5. The maximum absolute atomic E-state index is 11.9. The number of carbonyl (C=O) groups is 2. The average Bonchev–Trinajstić information content (AvgIpc) is 2.80. The van der Waals surface area contributed by atoms with Crippen LogP contribution < -0.4 is 4.90 Å². The van der Waals surface area contributed by atoms with Crippen molar-refractivity contribution in [2.24, 2.45) is 5.92 Å². The van der Waals surface area contributed by atoms with Gasteiger partial charge in [-0.05, 0) is 34.5 Å². The first kappa shape index (κ1) is 12.2. The quantitative estimate of drug-likeness (QED) is 0.789. The maximum Gasteiger partial charge on any atom is 0.227 e. The molecule has 3 rings (SSSR count). The van der Waals surface area contributed by atoms with E-state index in [4.69, 9.17) is 11.6 Å². The highest BCUT2D eigenvalue weighted by Gasteiger charge is 2.34. The van der Waals surface area contributed by atoms with Crippen molar-refractivity contribution >= 4 is 39.2 Å². The third-order valence-corrected chi connectivity index (χ3v) is 3.80. The van der Waals surface area contributed by atoms with Gasteiger partial charge in [-0.1, -0.05) is 30.3 Å². The molecule has 1 heterocycles. The van der Waals surface area contributed by atoms with Crippen molar-refractivity contribution in [3.8, 4) is 0 Å². The van der Waals surface area contributed by atoms with Crippen LogP contribution in [0.15, 0.2) is 42.5 Å². The highest BCUT2D eigenvalue weighted by Crippen LogP contribution is 2.28. The van der Waals surface area contributed by atoms with Crippen molar-refractivity contribution in [3.05, 3.63) is 42.5 Å². The molecule has 0 spiro atoms. The summed E-state index contributed by atoms with van der Waals surface area (Å²) in [7, 11) is 0. The molecule has 0 aliphatic carbocycles. The summed E-state index contributed by atoms with van der Waals surface area (Å²) in [6.07, 6.45) is 0.204. The zero-order valence-corrected chi connectivity index (χ0v) is 10.9. The smallest absolute Gasteiger partial charge is 0.227 e. The Morgan fingerprint density at radius 3 is 2.58 bits per heavy atom. The monoisotopic (exact) mass is 273 g/mol. The summed E-state index contributed by atoms with van der Waals surface area (Å²) in [4.78, 5) is 24.7. The number of nitrogens with zero attached hydrogens (tertiary/aromatic N) is 1. The average molecular weight is 274 g/mol. The van der Waals surface area contributed by atoms with Crippen LogP contribution in [0.4, 0.5) is 5.69 Å². The second kappa shape index (κ2) is 4.67. The number of benzene rings is 2. The van der Waals surface area contributed by atoms with E-state index in [-0.39, 0.29) is 18.2 Å². The van der Waals surface area contributed by atoms with Crippen molar-refractivity contribution in [2.45, 2.75) is 6.42 Å². The Morgan fingerprint density at radius 1 is 1.16 bits per heavy atom. The molecule has 96 valence electrons. The van der Waals surface area contributed by atoms with Gasteiger partial charge in [-0.3, -0.25) is 9.59 Å². The van der Waals surface area contributed by atoms with E-state index in [0.29, 0.717) is 6.54 Å². The van der Waals surface area contributed by atoms with Crippen molar-refractivity contribution in [1.29, 1.82) is 0 Å². The van der Waals surface area contributed by atoms with Gasteiger partial charge in [-0.25, -0.2) is 0 Å². The molecule has 0 unspecified atom stereocenters. The van der Waals surface area contributed by atoms with Gasteiger partial charge in [-0.2, -0.15) is 0 Å². The molecule has 2 aromatic carbocycles. The van der Waals surface area contributed by atoms with Crippen LogP contribution in [0.25, 0.3) is 10.8 Å². The van der Waals surface area contributed by atoms with E-state index in [1.54, 1.807) is 4.90 Å². The zero-order valence-electron chi connectivity index (χ0n) is 10.2. The zero-order chi connectivity index (χ0) is 13.4. The molecule has 0 aromatic heterocycles. The van der Waals surface area contributed by atoms with Gasteiger partial charge in [0.2, 0.25) is 11.1 Å². The summed E-state index contributed by atoms with van der Waals surface area (Å²) >= 11 is 5.48. The largest absolute Gasteiger partial charge is 0.312 e.